The molecular weight excluding hydrogens is 248 g/mol. The van der Waals surface area contributed by atoms with Crippen LogP contribution in [0.4, 0.5) is 0 Å². The Morgan fingerprint density at radius 2 is 1.91 bits per heavy atom. The summed E-state index contributed by atoms with van der Waals surface area (Å²) < 4.78 is 2.91. The molecule has 1 aromatic rings. The molecule has 0 atom stereocenters. The van der Waals surface area contributed by atoms with Crippen molar-refractivity contribution in [3.63, 3.8) is 0 Å². The van der Waals surface area contributed by atoms with Gasteiger partial charge in [0.05, 0.1) is 0 Å². The first-order valence-electron chi connectivity index (χ1n) is 4.05. The van der Waals surface area contributed by atoms with Gasteiger partial charge < -0.3 is 0 Å². The number of rotatable bonds is 4. The quantitative estimate of drug-likeness (QED) is 0.578. The van der Waals surface area contributed by atoms with Crippen LogP contribution < -0.4 is 0 Å². The van der Waals surface area contributed by atoms with Gasteiger partial charge in [0, 0.05) is 0 Å². The second-order valence-electron chi connectivity index (χ2n) is 2.43. The van der Waals surface area contributed by atoms with Gasteiger partial charge in [0.15, 0.2) is 0 Å². The first-order valence-corrected chi connectivity index (χ1v) is 7.34. The zero-order valence-electron chi connectivity index (χ0n) is 6.92. The molecule has 60 valence electrons. The van der Waals surface area contributed by atoms with Crippen LogP contribution in [-0.4, -0.2) is 20.9 Å². The van der Waals surface area contributed by atoms with Crippen LogP contribution in [0.15, 0.2) is 30.3 Å². The minimum absolute atomic E-state index is 0.347. The number of benzene rings is 1. The second-order valence-corrected chi connectivity index (χ2v) is 6.41. The molecule has 0 aliphatic rings. The topological polar surface area (TPSA) is 0 Å². The molecule has 0 aliphatic heterocycles. The fraction of sp³-hybridized carbons (Fsp3) is 0.400. The fourth-order valence-corrected chi connectivity index (χ4v) is 2.89. The van der Waals surface area contributed by atoms with E-state index >= 15 is 0 Å². The summed E-state index contributed by atoms with van der Waals surface area (Å²) in [6.07, 6.45) is 1.30. The predicted octanol–water partition coefficient (Wildman–Crippen LogP) is 2.79. The van der Waals surface area contributed by atoms with Gasteiger partial charge in [-0.2, -0.15) is 0 Å². The van der Waals surface area contributed by atoms with Crippen LogP contribution >= 0.6 is 0 Å². The maximum atomic E-state index is 2.30. The third-order valence-corrected chi connectivity index (χ3v) is 4.15. The van der Waals surface area contributed by atoms with Crippen molar-refractivity contribution in [2.75, 3.05) is 0 Å². The van der Waals surface area contributed by atoms with Crippen LogP contribution in [-0.2, 0) is 6.42 Å². The van der Waals surface area contributed by atoms with Crippen molar-refractivity contribution in [3.05, 3.63) is 35.9 Å². The fourth-order valence-electron chi connectivity index (χ4n) is 0.979. The summed E-state index contributed by atoms with van der Waals surface area (Å²) in [5, 5.41) is 0. The molecule has 0 nitrogen and oxygen atoms in total. The van der Waals surface area contributed by atoms with Gasteiger partial charge in [0.1, 0.15) is 0 Å². The van der Waals surface area contributed by atoms with E-state index in [2.05, 4.69) is 37.3 Å². The molecular formula is C10H14Te. The Kier molecular flexibility index (Phi) is 4.66. The van der Waals surface area contributed by atoms with Crippen molar-refractivity contribution < 1.29 is 0 Å². The van der Waals surface area contributed by atoms with Crippen LogP contribution in [0.5, 0.6) is 0 Å². The van der Waals surface area contributed by atoms with Crippen molar-refractivity contribution in [2.24, 2.45) is 0 Å². The molecule has 0 aromatic heterocycles. The molecule has 0 spiro atoms. The van der Waals surface area contributed by atoms with Crippen LogP contribution in [0.25, 0.3) is 0 Å². The van der Waals surface area contributed by atoms with Gasteiger partial charge in [0.25, 0.3) is 0 Å². The Morgan fingerprint density at radius 3 is 2.55 bits per heavy atom. The van der Waals surface area contributed by atoms with E-state index in [0.717, 1.165) is 0 Å². The molecule has 0 fully saturated rings. The number of hydrogen-bond acceptors (Lipinski definition) is 0. The molecule has 1 aromatic carbocycles. The molecule has 0 amide bonds. The normalized spacial score (nSPS) is 9.91. The monoisotopic (exact) mass is 264 g/mol. The van der Waals surface area contributed by atoms with Crippen LogP contribution in [0.3, 0.4) is 0 Å². The summed E-state index contributed by atoms with van der Waals surface area (Å²) in [6, 6.07) is 10.8. The Balaban J connectivity index is 2.28. The standard InChI is InChI=1S/C10H14Te/c1-2-11-9-8-10-6-4-3-5-7-10/h3-7H,2,8-9H2,1H3. The molecule has 0 saturated carbocycles. The van der Waals surface area contributed by atoms with E-state index in [4.69, 9.17) is 0 Å². The third kappa shape index (κ3) is 3.79. The first-order chi connectivity index (χ1) is 5.43. The van der Waals surface area contributed by atoms with Crippen LogP contribution in [0, 0.1) is 0 Å². The second kappa shape index (κ2) is 5.63. The summed E-state index contributed by atoms with van der Waals surface area (Å²) >= 11 is 0.347. The van der Waals surface area contributed by atoms with Gasteiger partial charge in [-0.25, -0.2) is 0 Å². The van der Waals surface area contributed by atoms with Gasteiger partial charge in [0.2, 0.25) is 0 Å². The van der Waals surface area contributed by atoms with Gasteiger partial charge in [-0.05, 0) is 0 Å². The van der Waals surface area contributed by atoms with Gasteiger partial charge >= 0.3 is 79.1 Å². The van der Waals surface area contributed by atoms with Gasteiger partial charge in [-0.3, -0.25) is 0 Å². The minimum atomic E-state index is 0.347. The summed E-state index contributed by atoms with van der Waals surface area (Å²) in [5.74, 6) is 0. The molecule has 0 radical (unpaired) electrons. The van der Waals surface area contributed by atoms with Gasteiger partial charge in [-0.1, -0.05) is 0 Å². The van der Waals surface area contributed by atoms with Crippen molar-refractivity contribution in [1.82, 2.24) is 0 Å². The molecule has 0 N–H and O–H groups in total. The molecule has 1 rings (SSSR count). The van der Waals surface area contributed by atoms with E-state index in [1.165, 1.54) is 20.9 Å². The van der Waals surface area contributed by atoms with E-state index in [-0.39, 0.29) is 0 Å². The zero-order valence-corrected chi connectivity index (χ0v) is 9.25. The maximum absolute atomic E-state index is 2.30. The Labute approximate surface area is 79.1 Å². The van der Waals surface area contributed by atoms with Crippen LogP contribution in [0.2, 0.25) is 8.94 Å². The predicted molar refractivity (Wildman–Crippen MR) is 51.2 cm³/mol. The van der Waals surface area contributed by atoms with Crippen molar-refractivity contribution in [1.29, 1.82) is 0 Å². The number of aryl methyl sites for hydroxylation is 1. The number of hydrogen-bond donors (Lipinski definition) is 0. The van der Waals surface area contributed by atoms with Crippen molar-refractivity contribution >= 4 is 20.9 Å². The SMILES string of the molecule is CC[Te]CCc1ccccc1. The van der Waals surface area contributed by atoms with Crippen molar-refractivity contribution in [3.8, 4) is 0 Å². The first kappa shape index (κ1) is 9.10. The van der Waals surface area contributed by atoms with Gasteiger partial charge in [-0.15, -0.1) is 0 Å². The summed E-state index contributed by atoms with van der Waals surface area (Å²) in [6.45, 7) is 2.30. The van der Waals surface area contributed by atoms with Crippen molar-refractivity contribution in [2.45, 2.75) is 22.3 Å². The average Bonchev–Trinajstić information content (AvgIpc) is 2.07. The molecule has 11 heavy (non-hydrogen) atoms. The Bertz CT molecular complexity index is 181. The van der Waals surface area contributed by atoms with E-state index in [9.17, 15) is 0 Å². The zero-order chi connectivity index (χ0) is 7.94. The van der Waals surface area contributed by atoms with E-state index in [1.54, 1.807) is 0 Å². The molecule has 0 aliphatic carbocycles. The molecule has 1 heteroatoms. The Morgan fingerprint density at radius 1 is 1.18 bits per heavy atom. The summed E-state index contributed by atoms with van der Waals surface area (Å²) in [4.78, 5) is 0. The van der Waals surface area contributed by atoms with E-state index in [1.807, 2.05) is 0 Å². The van der Waals surface area contributed by atoms with E-state index < -0.39 is 0 Å². The van der Waals surface area contributed by atoms with E-state index in [0.29, 0.717) is 20.9 Å². The molecule has 0 saturated heterocycles. The van der Waals surface area contributed by atoms with Crippen LogP contribution in [0.1, 0.15) is 12.5 Å². The Hall–Kier alpha value is 0.00961. The molecule has 0 bridgehead atoms. The summed E-state index contributed by atoms with van der Waals surface area (Å²) in [7, 11) is 0. The average molecular weight is 262 g/mol. The molecule has 0 unspecified atom stereocenters. The molecule has 0 heterocycles. The summed E-state index contributed by atoms with van der Waals surface area (Å²) in [5.41, 5.74) is 1.51. The third-order valence-electron chi connectivity index (χ3n) is 1.58.